The molecule has 2 aromatic rings. The summed E-state index contributed by atoms with van der Waals surface area (Å²) in [5.41, 5.74) is 0.955. The van der Waals surface area contributed by atoms with Crippen molar-refractivity contribution >= 4 is 20.7 Å². The molecule has 0 N–H and O–H groups in total. The van der Waals surface area contributed by atoms with E-state index in [9.17, 15) is 0 Å². The summed E-state index contributed by atoms with van der Waals surface area (Å²) in [5, 5.41) is 11.1. The Morgan fingerprint density at radius 3 is 2.50 bits per heavy atom. The zero-order valence-corrected chi connectivity index (χ0v) is 7.80. The molecule has 0 saturated heterocycles. The van der Waals surface area contributed by atoms with Gasteiger partial charge in [-0.1, -0.05) is 0 Å². The molecule has 0 aliphatic rings. The number of rotatable bonds is 1. The van der Waals surface area contributed by atoms with E-state index < -0.39 is 0 Å². The molecule has 0 bridgehead atoms. The molecule has 1 radical (unpaired) electrons. The second kappa shape index (κ2) is 3.05. The van der Waals surface area contributed by atoms with Crippen LogP contribution in [-0.2, 0) is 0 Å². The summed E-state index contributed by atoms with van der Waals surface area (Å²) in [4.78, 5) is 0. The summed E-state index contributed by atoms with van der Waals surface area (Å²) in [7, 11) is 0. The molecule has 0 amide bonds. The first-order valence-electron chi connectivity index (χ1n) is 3.39. The first-order chi connectivity index (χ1) is 5.88. The van der Waals surface area contributed by atoms with Crippen LogP contribution in [0.25, 0.3) is 5.69 Å². The normalized spacial score (nSPS) is 10.0. The van der Waals surface area contributed by atoms with Gasteiger partial charge in [-0.3, -0.25) is 0 Å². The van der Waals surface area contributed by atoms with Gasteiger partial charge in [-0.05, 0) is 0 Å². The van der Waals surface area contributed by atoms with Crippen molar-refractivity contribution in [1.82, 2.24) is 20.2 Å². The Morgan fingerprint density at radius 1 is 1.17 bits per heavy atom. The molecule has 0 unspecified atom stereocenters. The molecule has 5 heteroatoms. The Balaban J connectivity index is 2.51. The maximum absolute atomic E-state index is 3.81. The van der Waals surface area contributed by atoms with Crippen molar-refractivity contribution in [2.45, 2.75) is 0 Å². The zero-order valence-electron chi connectivity index (χ0n) is 6.08. The molecule has 0 atom stereocenters. The molecule has 0 fully saturated rings. The Morgan fingerprint density at radius 2 is 1.92 bits per heavy atom. The van der Waals surface area contributed by atoms with E-state index in [-0.39, 0.29) is 0 Å². The topological polar surface area (TPSA) is 43.6 Å². The molecule has 4 nitrogen and oxygen atoms in total. The van der Waals surface area contributed by atoms with E-state index in [2.05, 4.69) is 31.5 Å². The Hall–Kier alpha value is -1.19. The van der Waals surface area contributed by atoms with E-state index in [1.807, 2.05) is 30.3 Å². The molecule has 1 aromatic heterocycles. The van der Waals surface area contributed by atoms with Crippen LogP contribution in [0.3, 0.4) is 0 Å². The van der Waals surface area contributed by atoms with Gasteiger partial charge in [0.2, 0.25) is 0 Å². The Labute approximate surface area is 77.4 Å². The van der Waals surface area contributed by atoms with E-state index in [0.29, 0.717) is 4.72 Å². The van der Waals surface area contributed by atoms with Crippen LogP contribution in [0.4, 0.5) is 0 Å². The first-order valence-corrected chi connectivity index (χ1v) is 4.24. The van der Waals surface area contributed by atoms with Gasteiger partial charge in [-0.25, -0.2) is 0 Å². The average molecular weight is 224 g/mol. The van der Waals surface area contributed by atoms with Crippen LogP contribution in [0.2, 0.25) is 0 Å². The maximum atomic E-state index is 3.81. The number of tetrazole rings is 1. The summed E-state index contributed by atoms with van der Waals surface area (Å²) in [6, 6.07) is 9.72. The number of benzene rings is 1. The predicted octanol–water partition coefficient (Wildman–Crippen LogP) is -0.544. The van der Waals surface area contributed by atoms with Crippen molar-refractivity contribution in [3.8, 4) is 5.69 Å². The minimum atomic E-state index is 0.668. The van der Waals surface area contributed by atoms with Gasteiger partial charge in [0.15, 0.2) is 0 Å². The monoisotopic (exact) mass is 225 g/mol. The average Bonchev–Trinajstić information content (AvgIpc) is 2.53. The summed E-state index contributed by atoms with van der Waals surface area (Å²) in [6.07, 6.45) is 0. The predicted molar refractivity (Wildman–Crippen MR) is 44.5 cm³/mol. The van der Waals surface area contributed by atoms with E-state index in [0.717, 1.165) is 5.69 Å². The number of aromatic nitrogens is 4. The quantitative estimate of drug-likeness (QED) is 0.611. The molecule has 1 heterocycles. The molecule has 59 valence electrons. The van der Waals surface area contributed by atoms with Crippen LogP contribution in [0.1, 0.15) is 0 Å². The van der Waals surface area contributed by atoms with Gasteiger partial charge in [0, 0.05) is 0 Å². The standard InChI is InChI=1S/C7H5N4Se/c12-7-8-9-10-11(7)6-4-2-1-3-5-6/h1-5H. The fourth-order valence-corrected chi connectivity index (χ4v) is 1.28. The molecule has 0 saturated carbocycles. The molecular weight excluding hydrogens is 219 g/mol. The number of para-hydroxylation sites is 1. The van der Waals surface area contributed by atoms with Crippen LogP contribution in [0.15, 0.2) is 30.3 Å². The van der Waals surface area contributed by atoms with Crippen molar-refractivity contribution in [2.75, 3.05) is 0 Å². The van der Waals surface area contributed by atoms with Crippen molar-refractivity contribution in [1.29, 1.82) is 0 Å². The minimum absolute atomic E-state index is 0.668. The third-order valence-electron chi connectivity index (χ3n) is 1.44. The SMILES string of the molecule is [Se]c1nnnn1-c1ccccc1. The second-order valence-corrected chi connectivity index (χ2v) is 2.97. The van der Waals surface area contributed by atoms with Crippen molar-refractivity contribution in [3.05, 3.63) is 30.3 Å². The van der Waals surface area contributed by atoms with Crippen molar-refractivity contribution < 1.29 is 0 Å². The van der Waals surface area contributed by atoms with Gasteiger partial charge in [-0.2, -0.15) is 0 Å². The third-order valence-corrected chi connectivity index (χ3v) is 1.98. The fraction of sp³-hybridized carbons (Fsp3) is 0. The summed E-state index contributed by atoms with van der Waals surface area (Å²) >= 11 is 2.78. The molecule has 12 heavy (non-hydrogen) atoms. The molecule has 0 aliphatic carbocycles. The molecule has 2 rings (SSSR count). The number of hydrogen-bond donors (Lipinski definition) is 0. The zero-order chi connectivity index (χ0) is 8.39. The van der Waals surface area contributed by atoms with E-state index in [1.54, 1.807) is 4.68 Å². The third kappa shape index (κ3) is 1.24. The molecule has 0 aliphatic heterocycles. The fourth-order valence-electron chi connectivity index (χ4n) is 0.910. The van der Waals surface area contributed by atoms with Crippen LogP contribution < -0.4 is 4.72 Å². The summed E-state index contributed by atoms with van der Waals surface area (Å²) in [6.45, 7) is 0. The van der Waals surface area contributed by atoms with Gasteiger partial charge in [0.05, 0.1) is 0 Å². The van der Waals surface area contributed by atoms with Gasteiger partial charge in [-0.15, -0.1) is 0 Å². The van der Waals surface area contributed by atoms with Crippen molar-refractivity contribution in [2.24, 2.45) is 0 Å². The number of nitrogens with zero attached hydrogens (tertiary/aromatic N) is 4. The van der Waals surface area contributed by atoms with Crippen LogP contribution in [0, 0.1) is 0 Å². The van der Waals surface area contributed by atoms with Gasteiger partial charge in [0.25, 0.3) is 0 Å². The van der Waals surface area contributed by atoms with Gasteiger partial charge < -0.3 is 0 Å². The van der Waals surface area contributed by atoms with Crippen molar-refractivity contribution in [3.63, 3.8) is 0 Å². The first kappa shape index (κ1) is 7.46. The summed E-state index contributed by atoms with van der Waals surface area (Å²) in [5.74, 6) is 0. The van der Waals surface area contributed by atoms with Crippen LogP contribution in [-0.4, -0.2) is 36.2 Å². The molecule has 0 spiro atoms. The Kier molecular flexibility index (Phi) is 1.89. The van der Waals surface area contributed by atoms with E-state index >= 15 is 0 Å². The van der Waals surface area contributed by atoms with Crippen LogP contribution >= 0.6 is 0 Å². The van der Waals surface area contributed by atoms with Gasteiger partial charge >= 0.3 is 77.0 Å². The van der Waals surface area contributed by atoms with Gasteiger partial charge in [0.1, 0.15) is 0 Å². The van der Waals surface area contributed by atoms with E-state index in [4.69, 9.17) is 0 Å². The summed E-state index contributed by atoms with van der Waals surface area (Å²) < 4.78 is 2.31. The second-order valence-electron chi connectivity index (χ2n) is 2.21. The van der Waals surface area contributed by atoms with Crippen LogP contribution in [0.5, 0.6) is 0 Å². The molecule has 1 aromatic carbocycles. The van der Waals surface area contributed by atoms with E-state index in [1.165, 1.54) is 0 Å². The Bertz CT molecular complexity index is 370. The molecular formula is C7H5N4Se. The number of hydrogen-bond acceptors (Lipinski definition) is 3.